The van der Waals surface area contributed by atoms with Crippen LogP contribution >= 0.6 is 0 Å². The van der Waals surface area contributed by atoms with E-state index in [1.807, 2.05) is 0 Å². The standard InChI is InChI=1S/C43H30F6O9S2/c1-4-27-5-7-28(8-6-27)37-25-34(19-23-38(37)56-3)58-39-24-22-36(26-40(39)60(52,53)54)59(50,51)35-20-17-33(18-21-35)57-32-15-11-30(12-16-32)41(42(44,45)46,43(47,48)49)29-9-13-31(55-2)14-10-29/h1,5-26H,2-3H3,(H,52,53,54). The van der Waals surface area contributed by atoms with E-state index in [9.17, 15) is 47.7 Å². The van der Waals surface area contributed by atoms with Gasteiger partial charge < -0.3 is 18.9 Å². The van der Waals surface area contributed by atoms with E-state index < -0.39 is 64.4 Å². The maximum atomic E-state index is 14.5. The normalized spacial score (nSPS) is 12.3. The van der Waals surface area contributed by atoms with E-state index in [4.69, 9.17) is 25.4 Å². The second-order valence-corrected chi connectivity index (χ2v) is 16.2. The zero-order valence-electron chi connectivity index (χ0n) is 31.1. The van der Waals surface area contributed by atoms with E-state index in [0.717, 1.165) is 60.7 Å². The van der Waals surface area contributed by atoms with Gasteiger partial charge in [0.2, 0.25) is 15.3 Å². The van der Waals surface area contributed by atoms with E-state index in [2.05, 4.69) is 5.92 Å². The van der Waals surface area contributed by atoms with Gasteiger partial charge in [-0.3, -0.25) is 4.55 Å². The zero-order chi connectivity index (χ0) is 43.7. The van der Waals surface area contributed by atoms with Crippen LogP contribution in [-0.2, 0) is 25.4 Å². The van der Waals surface area contributed by atoms with E-state index in [-0.39, 0.29) is 27.9 Å². The van der Waals surface area contributed by atoms with Crippen molar-refractivity contribution in [3.8, 4) is 58.0 Å². The van der Waals surface area contributed by atoms with Crippen LogP contribution in [0.1, 0.15) is 16.7 Å². The Labute approximate surface area is 340 Å². The minimum atomic E-state index is -5.82. The monoisotopic (exact) mass is 868 g/mol. The lowest BCUT2D eigenvalue weighted by Gasteiger charge is -2.38. The minimum absolute atomic E-state index is 0.0509. The summed E-state index contributed by atoms with van der Waals surface area (Å²) in [7, 11) is -6.89. The number of alkyl halides is 6. The summed E-state index contributed by atoms with van der Waals surface area (Å²) in [5.74, 6) is 2.48. The first-order valence-electron chi connectivity index (χ1n) is 17.2. The fraction of sp³-hybridized carbons (Fsp3) is 0.116. The summed E-state index contributed by atoms with van der Waals surface area (Å²) in [5, 5.41) is 0. The molecular formula is C43H30F6O9S2. The van der Waals surface area contributed by atoms with Crippen LogP contribution in [0.2, 0.25) is 0 Å². The molecule has 0 unspecified atom stereocenters. The van der Waals surface area contributed by atoms with Crippen molar-refractivity contribution in [3.63, 3.8) is 0 Å². The van der Waals surface area contributed by atoms with Crippen LogP contribution in [0.25, 0.3) is 11.1 Å². The van der Waals surface area contributed by atoms with Crippen molar-refractivity contribution in [2.45, 2.75) is 32.5 Å². The van der Waals surface area contributed by atoms with Gasteiger partial charge in [0.15, 0.2) is 0 Å². The quantitative estimate of drug-likeness (QED) is 0.0727. The maximum absolute atomic E-state index is 14.5. The average Bonchev–Trinajstić information content (AvgIpc) is 3.21. The molecule has 0 aromatic heterocycles. The number of halogens is 6. The Morgan fingerprint density at radius 3 is 1.52 bits per heavy atom. The van der Waals surface area contributed by atoms with Gasteiger partial charge in [-0.2, -0.15) is 34.8 Å². The van der Waals surface area contributed by atoms with Gasteiger partial charge >= 0.3 is 12.4 Å². The molecule has 0 aliphatic rings. The van der Waals surface area contributed by atoms with Crippen molar-refractivity contribution in [2.24, 2.45) is 0 Å². The summed E-state index contributed by atoms with van der Waals surface area (Å²) >= 11 is 0. The molecule has 0 atom stereocenters. The van der Waals surface area contributed by atoms with Crippen LogP contribution in [0.3, 0.4) is 0 Å². The summed E-state index contributed by atoms with van der Waals surface area (Å²) in [6.07, 6.45) is -6.20. The second-order valence-electron chi connectivity index (χ2n) is 12.8. The summed E-state index contributed by atoms with van der Waals surface area (Å²) in [6.45, 7) is 0. The Morgan fingerprint density at radius 2 is 1.03 bits per heavy atom. The Hall–Kier alpha value is -6.48. The predicted molar refractivity (Wildman–Crippen MR) is 207 cm³/mol. The van der Waals surface area contributed by atoms with Gasteiger partial charge in [-0.1, -0.05) is 42.3 Å². The van der Waals surface area contributed by atoms with E-state index in [1.165, 1.54) is 20.3 Å². The van der Waals surface area contributed by atoms with Crippen molar-refractivity contribution in [3.05, 3.63) is 150 Å². The minimum Gasteiger partial charge on any atom is -0.497 e. The molecule has 310 valence electrons. The molecular weight excluding hydrogens is 839 g/mol. The molecule has 60 heavy (non-hydrogen) atoms. The molecule has 0 spiro atoms. The van der Waals surface area contributed by atoms with Crippen LogP contribution in [0, 0.1) is 12.3 Å². The number of terminal acetylenes is 1. The van der Waals surface area contributed by atoms with E-state index in [1.54, 1.807) is 36.4 Å². The van der Waals surface area contributed by atoms with Crippen LogP contribution in [0.4, 0.5) is 26.3 Å². The van der Waals surface area contributed by atoms with E-state index in [0.29, 0.717) is 52.8 Å². The summed E-state index contributed by atoms with van der Waals surface area (Å²) in [6, 6.07) is 25.2. The molecule has 6 aromatic carbocycles. The molecule has 0 aliphatic heterocycles. The topological polar surface area (TPSA) is 125 Å². The fourth-order valence-corrected chi connectivity index (χ4v) is 8.35. The molecule has 6 aromatic rings. The van der Waals surface area contributed by atoms with Crippen LogP contribution < -0.4 is 18.9 Å². The van der Waals surface area contributed by atoms with Crippen LogP contribution in [0.15, 0.2) is 148 Å². The third kappa shape index (κ3) is 8.35. The zero-order valence-corrected chi connectivity index (χ0v) is 32.7. The van der Waals surface area contributed by atoms with Gasteiger partial charge in [0.1, 0.15) is 39.4 Å². The molecule has 0 saturated carbocycles. The van der Waals surface area contributed by atoms with Gasteiger partial charge in [-0.15, -0.1) is 6.42 Å². The number of hydrogen-bond donors (Lipinski definition) is 1. The molecule has 6 rings (SSSR count). The molecule has 0 fully saturated rings. The van der Waals surface area contributed by atoms with Crippen molar-refractivity contribution in [2.75, 3.05) is 14.2 Å². The van der Waals surface area contributed by atoms with E-state index >= 15 is 0 Å². The Balaban J connectivity index is 1.25. The Kier molecular flexibility index (Phi) is 11.7. The SMILES string of the molecule is C#Cc1ccc(-c2cc(Oc3ccc(S(=O)(=O)c4ccc(Oc5ccc(C(c6ccc(OC)cc6)(C(F)(F)F)C(F)(F)F)cc5)cc4)cc3S(=O)(=O)O)ccc2OC)cc1. The van der Waals surface area contributed by atoms with Gasteiger partial charge in [-0.25, -0.2) is 8.42 Å². The highest BCUT2D eigenvalue weighted by molar-refractivity contribution is 7.91. The third-order valence-corrected chi connectivity index (χ3v) is 11.9. The molecule has 9 nitrogen and oxygen atoms in total. The smallest absolute Gasteiger partial charge is 0.411 e. The summed E-state index contributed by atoms with van der Waals surface area (Å²) in [4.78, 5) is -1.78. The number of methoxy groups -OCH3 is 2. The van der Waals surface area contributed by atoms with Gasteiger partial charge in [-0.05, 0) is 114 Å². The van der Waals surface area contributed by atoms with Crippen molar-refractivity contribution in [1.29, 1.82) is 0 Å². The molecule has 1 N–H and O–H groups in total. The van der Waals surface area contributed by atoms with Crippen molar-refractivity contribution < 1.29 is 66.7 Å². The van der Waals surface area contributed by atoms with Crippen molar-refractivity contribution >= 4 is 20.0 Å². The Morgan fingerprint density at radius 1 is 0.550 bits per heavy atom. The molecule has 0 amide bonds. The number of hydrogen-bond acceptors (Lipinski definition) is 8. The lowest BCUT2D eigenvalue weighted by atomic mass is 9.73. The molecule has 0 saturated heterocycles. The average molecular weight is 869 g/mol. The summed E-state index contributed by atoms with van der Waals surface area (Å²) < 4.78 is 171. The summed E-state index contributed by atoms with van der Waals surface area (Å²) in [5.41, 5.74) is -4.77. The van der Waals surface area contributed by atoms with Crippen LogP contribution in [-0.4, -0.2) is 48.0 Å². The highest BCUT2D eigenvalue weighted by atomic mass is 32.2. The van der Waals surface area contributed by atoms with Crippen LogP contribution in [0.5, 0.6) is 34.5 Å². The van der Waals surface area contributed by atoms with Gasteiger partial charge in [0.25, 0.3) is 10.1 Å². The van der Waals surface area contributed by atoms with Gasteiger partial charge in [0.05, 0.1) is 24.0 Å². The number of sulfone groups is 1. The highest BCUT2D eigenvalue weighted by Gasteiger charge is 2.72. The lowest BCUT2D eigenvalue weighted by Crippen LogP contribution is -2.54. The second kappa shape index (κ2) is 16.3. The number of benzene rings is 6. The highest BCUT2D eigenvalue weighted by Crippen LogP contribution is 2.56. The molecule has 0 aliphatic carbocycles. The first kappa shape index (κ1) is 43.1. The predicted octanol–water partition coefficient (Wildman–Crippen LogP) is 10.4. The molecule has 0 heterocycles. The first-order chi connectivity index (χ1) is 28.2. The number of rotatable bonds is 12. The molecule has 0 bridgehead atoms. The van der Waals surface area contributed by atoms with Gasteiger partial charge in [0, 0.05) is 11.1 Å². The Bertz CT molecular complexity index is 2770. The van der Waals surface area contributed by atoms with Crippen molar-refractivity contribution in [1.82, 2.24) is 0 Å². The number of ether oxygens (including phenoxy) is 4. The first-order valence-corrected chi connectivity index (χ1v) is 20.1. The largest absolute Gasteiger partial charge is 0.497 e. The molecule has 17 heteroatoms. The molecule has 0 radical (unpaired) electrons. The fourth-order valence-electron chi connectivity index (χ4n) is 6.35. The maximum Gasteiger partial charge on any atom is 0.411 e. The third-order valence-electron chi connectivity index (χ3n) is 9.30. The lowest BCUT2D eigenvalue weighted by molar-refractivity contribution is -0.288.